The number of fused-ring (bicyclic) bond motifs is 1. The van der Waals surface area contributed by atoms with Crippen molar-refractivity contribution in [2.75, 3.05) is 6.54 Å². The first-order valence-electron chi connectivity index (χ1n) is 9.44. The number of hydrogen-bond donors (Lipinski definition) is 1. The molecule has 2 aromatic heterocycles. The number of carbonyl (C=O) groups is 1. The monoisotopic (exact) mass is 363 g/mol. The van der Waals surface area contributed by atoms with Crippen molar-refractivity contribution in [3.8, 4) is 0 Å². The molecule has 0 aliphatic rings. The number of nitrogens with zero attached hydrogens (tertiary/aromatic N) is 2. The third kappa shape index (κ3) is 4.55. The van der Waals surface area contributed by atoms with Crippen LogP contribution in [0.3, 0.4) is 0 Å². The summed E-state index contributed by atoms with van der Waals surface area (Å²) in [7, 11) is 0. The molecule has 0 radical (unpaired) electrons. The van der Waals surface area contributed by atoms with Crippen LogP contribution in [0.4, 0.5) is 0 Å². The second-order valence-corrected chi connectivity index (χ2v) is 7.21. The number of rotatable bonds is 9. The van der Waals surface area contributed by atoms with Gasteiger partial charge < -0.3 is 9.88 Å². The minimum atomic E-state index is 0.0986. The standard InChI is InChI=1S/C20H30ClN3O/c1-5-8-15(7-3)24(11-6-2)18(25)12-14(4)16-13-23-20-19(16)17(21)9-10-22-20/h9-10,13-15H,5-8,11-12H2,1-4H3,(H,22,23). The van der Waals surface area contributed by atoms with E-state index < -0.39 is 0 Å². The van der Waals surface area contributed by atoms with Gasteiger partial charge in [0.15, 0.2) is 0 Å². The molecule has 0 aliphatic carbocycles. The van der Waals surface area contributed by atoms with Crippen molar-refractivity contribution in [1.29, 1.82) is 0 Å². The number of pyridine rings is 1. The molecule has 2 heterocycles. The highest BCUT2D eigenvalue weighted by molar-refractivity contribution is 6.35. The Morgan fingerprint density at radius 3 is 2.72 bits per heavy atom. The van der Waals surface area contributed by atoms with Crippen LogP contribution in [0, 0.1) is 0 Å². The average Bonchev–Trinajstić information content (AvgIpc) is 3.03. The zero-order valence-electron chi connectivity index (χ0n) is 15.8. The van der Waals surface area contributed by atoms with Crippen molar-refractivity contribution in [3.05, 3.63) is 29.0 Å². The normalized spacial score (nSPS) is 13.8. The summed E-state index contributed by atoms with van der Waals surface area (Å²) in [6.07, 6.45) is 8.30. The SMILES string of the molecule is CCCC(CC)N(CCC)C(=O)CC(C)c1c[nH]c2nccc(Cl)c12. The Balaban J connectivity index is 2.19. The van der Waals surface area contributed by atoms with Gasteiger partial charge in [0.05, 0.1) is 5.02 Å². The van der Waals surface area contributed by atoms with Crippen molar-refractivity contribution in [3.63, 3.8) is 0 Å². The second kappa shape index (κ2) is 9.23. The fraction of sp³-hybridized carbons (Fsp3) is 0.600. The maximum absolute atomic E-state index is 13.0. The molecule has 0 fully saturated rings. The molecule has 0 bridgehead atoms. The van der Waals surface area contributed by atoms with Crippen LogP contribution in [0.2, 0.25) is 5.02 Å². The molecule has 1 N–H and O–H groups in total. The lowest BCUT2D eigenvalue weighted by molar-refractivity contribution is -0.134. The molecule has 2 rings (SSSR count). The van der Waals surface area contributed by atoms with Crippen molar-refractivity contribution in [1.82, 2.24) is 14.9 Å². The molecule has 2 unspecified atom stereocenters. The highest BCUT2D eigenvalue weighted by Gasteiger charge is 2.24. The molecule has 0 aliphatic heterocycles. The number of nitrogens with one attached hydrogen (secondary N) is 1. The van der Waals surface area contributed by atoms with E-state index in [2.05, 4.69) is 42.6 Å². The molecule has 0 saturated heterocycles. The van der Waals surface area contributed by atoms with Crippen LogP contribution < -0.4 is 0 Å². The number of aromatic nitrogens is 2. The first-order chi connectivity index (χ1) is 12.0. The summed E-state index contributed by atoms with van der Waals surface area (Å²) in [5, 5.41) is 1.62. The van der Waals surface area contributed by atoms with Gasteiger partial charge in [0.2, 0.25) is 5.91 Å². The minimum absolute atomic E-state index is 0.0986. The van der Waals surface area contributed by atoms with Gasteiger partial charge in [-0.15, -0.1) is 0 Å². The average molecular weight is 364 g/mol. The molecule has 25 heavy (non-hydrogen) atoms. The van der Waals surface area contributed by atoms with Crippen molar-refractivity contribution in [2.45, 2.75) is 71.8 Å². The van der Waals surface area contributed by atoms with Crippen LogP contribution >= 0.6 is 11.6 Å². The van der Waals surface area contributed by atoms with E-state index in [9.17, 15) is 4.79 Å². The van der Waals surface area contributed by atoms with E-state index in [1.54, 1.807) is 12.3 Å². The van der Waals surface area contributed by atoms with Crippen LogP contribution in [-0.4, -0.2) is 33.4 Å². The summed E-state index contributed by atoms with van der Waals surface area (Å²) in [6, 6.07) is 2.14. The largest absolute Gasteiger partial charge is 0.346 e. The van der Waals surface area contributed by atoms with Crippen LogP contribution in [0.1, 0.15) is 71.3 Å². The molecule has 5 heteroatoms. The Morgan fingerprint density at radius 1 is 1.32 bits per heavy atom. The molecule has 4 nitrogen and oxygen atoms in total. The van der Waals surface area contributed by atoms with Gasteiger partial charge >= 0.3 is 0 Å². The number of amides is 1. The number of halogens is 1. The fourth-order valence-electron chi connectivity index (χ4n) is 3.58. The number of carbonyl (C=O) groups excluding carboxylic acids is 1. The Bertz CT molecular complexity index is 697. The minimum Gasteiger partial charge on any atom is -0.346 e. The van der Waals surface area contributed by atoms with Crippen LogP contribution in [0.15, 0.2) is 18.5 Å². The Labute approximate surface area is 156 Å². The summed E-state index contributed by atoms with van der Waals surface area (Å²) >= 11 is 6.36. The topological polar surface area (TPSA) is 49.0 Å². The van der Waals surface area contributed by atoms with E-state index in [1.165, 1.54) is 0 Å². The number of aromatic amines is 1. The zero-order chi connectivity index (χ0) is 18.4. The van der Waals surface area contributed by atoms with E-state index in [4.69, 9.17) is 11.6 Å². The van der Waals surface area contributed by atoms with Gasteiger partial charge in [-0.05, 0) is 36.8 Å². The molecule has 0 aromatic carbocycles. The van der Waals surface area contributed by atoms with Gasteiger partial charge in [-0.25, -0.2) is 4.98 Å². The fourth-order valence-corrected chi connectivity index (χ4v) is 3.84. The van der Waals surface area contributed by atoms with Crippen LogP contribution in [-0.2, 0) is 4.79 Å². The lowest BCUT2D eigenvalue weighted by atomic mass is 9.96. The first-order valence-corrected chi connectivity index (χ1v) is 9.82. The molecule has 1 amide bonds. The third-order valence-electron chi connectivity index (χ3n) is 4.88. The summed E-state index contributed by atoms with van der Waals surface area (Å²) in [5.41, 5.74) is 1.85. The van der Waals surface area contributed by atoms with E-state index in [1.807, 2.05) is 6.20 Å². The van der Waals surface area contributed by atoms with Crippen molar-refractivity contribution >= 4 is 28.5 Å². The maximum atomic E-state index is 13.0. The van der Waals surface area contributed by atoms with Gasteiger partial charge in [-0.3, -0.25) is 4.79 Å². The van der Waals surface area contributed by atoms with Gasteiger partial charge in [0.1, 0.15) is 5.65 Å². The predicted molar refractivity (Wildman–Crippen MR) is 105 cm³/mol. The Hall–Kier alpha value is -1.55. The molecule has 0 spiro atoms. The second-order valence-electron chi connectivity index (χ2n) is 6.80. The van der Waals surface area contributed by atoms with Crippen molar-refractivity contribution in [2.24, 2.45) is 0 Å². The van der Waals surface area contributed by atoms with Crippen LogP contribution in [0.5, 0.6) is 0 Å². The Morgan fingerprint density at radius 2 is 2.08 bits per heavy atom. The van der Waals surface area contributed by atoms with Crippen LogP contribution in [0.25, 0.3) is 11.0 Å². The van der Waals surface area contributed by atoms with E-state index in [0.717, 1.165) is 48.8 Å². The van der Waals surface area contributed by atoms with Crippen molar-refractivity contribution < 1.29 is 4.79 Å². The van der Waals surface area contributed by atoms with E-state index >= 15 is 0 Å². The molecule has 138 valence electrons. The summed E-state index contributed by atoms with van der Waals surface area (Å²) in [6.45, 7) is 9.41. The number of hydrogen-bond acceptors (Lipinski definition) is 2. The first kappa shape index (κ1) is 19.8. The van der Waals surface area contributed by atoms with Gasteiger partial charge in [0, 0.05) is 36.8 Å². The highest BCUT2D eigenvalue weighted by atomic mass is 35.5. The molecule has 0 saturated carbocycles. The summed E-state index contributed by atoms with van der Waals surface area (Å²) in [4.78, 5) is 22.6. The summed E-state index contributed by atoms with van der Waals surface area (Å²) < 4.78 is 0. The Kier molecular flexibility index (Phi) is 7.30. The van der Waals surface area contributed by atoms with Gasteiger partial charge in [0.25, 0.3) is 0 Å². The maximum Gasteiger partial charge on any atom is 0.223 e. The number of H-pyrrole nitrogens is 1. The molecular weight excluding hydrogens is 334 g/mol. The zero-order valence-corrected chi connectivity index (χ0v) is 16.6. The van der Waals surface area contributed by atoms with Gasteiger partial charge in [-0.1, -0.05) is 45.7 Å². The molecule has 2 atom stereocenters. The molecular formula is C20H30ClN3O. The molecule has 2 aromatic rings. The lowest BCUT2D eigenvalue weighted by Crippen LogP contribution is -2.41. The van der Waals surface area contributed by atoms with Gasteiger partial charge in [-0.2, -0.15) is 0 Å². The quantitative estimate of drug-likeness (QED) is 0.637. The predicted octanol–water partition coefficient (Wildman–Crippen LogP) is 5.53. The smallest absolute Gasteiger partial charge is 0.223 e. The third-order valence-corrected chi connectivity index (χ3v) is 5.20. The summed E-state index contributed by atoms with van der Waals surface area (Å²) in [5.74, 6) is 0.338. The van der Waals surface area contributed by atoms with E-state index in [-0.39, 0.29) is 11.8 Å². The lowest BCUT2D eigenvalue weighted by Gasteiger charge is -2.32. The van der Waals surface area contributed by atoms with E-state index in [0.29, 0.717) is 17.5 Å². The highest BCUT2D eigenvalue weighted by Crippen LogP contribution is 2.32.